The number of aryl methyl sites for hydroxylation is 1. The van der Waals surface area contributed by atoms with Crippen LogP contribution >= 0.6 is 11.6 Å². The van der Waals surface area contributed by atoms with Crippen LogP contribution in [0.5, 0.6) is 11.8 Å². The molecule has 13 heteroatoms. The first-order valence-electron chi connectivity index (χ1n) is 17.0. The molecule has 0 saturated carbocycles. The quantitative estimate of drug-likeness (QED) is 0.0662. The SMILES string of the molecule is COC(=O)c1ccc(CO)cc1.COC(=O)c1ccc(COc2cccc[n+]2C)cc1.COC(=O)c1ccc(COc2ccccn2)cc1.Clc1ccccn1. The summed E-state index contributed by atoms with van der Waals surface area (Å²) in [5.41, 5.74) is 4.30. The van der Waals surface area contributed by atoms with Gasteiger partial charge in [0.2, 0.25) is 5.88 Å². The number of pyridine rings is 3. The van der Waals surface area contributed by atoms with Crippen molar-refractivity contribution in [2.45, 2.75) is 19.8 Å². The highest BCUT2D eigenvalue weighted by Crippen LogP contribution is 2.11. The molecule has 6 aromatic rings. The fourth-order valence-electron chi connectivity index (χ4n) is 4.32. The topological polar surface area (TPSA) is 147 Å². The minimum absolute atomic E-state index is 0.0124. The number of ether oxygens (including phenoxy) is 5. The predicted molar refractivity (Wildman–Crippen MR) is 209 cm³/mol. The molecule has 3 aromatic heterocycles. The third-order valence-electron chi connectivity index (χ3n) is 7.35. The molecule has 0 radical (unpaired) electrons. The van der Waals surface area contributed by atoms with E-state index in [2.05, 4.69) is 24.2 Å². The van der Waals surface area contributed by atoms with Gasteiger partial charge in [-0.25, -0.2) is 24.4 Å². The molecule has 0 saturated heterocycles. The van der Waals surface area contributed by atoms with Crippen molar-refractivity contribution in [3.05, 3.63) is 185 Å². The fraction of sp³-hybridized carbons (Fsp3) is 0.163. The fourth-order valence-corrected chi connectivity index (χ4v) is 4.45. The molecule has 0 spiro atoms. The first-order valence-corrected chi connectivity index (χ1v) is 17.4. The smallest absolute Gasteiger partial charge is 0.367 e. The molecule has 3 heterocycles. The summed E-state index contributed by atoms with van der Waals surface area (Å²) >= 11 is 5.43. The Morgan fingerprint density at radius 1 is 0.571 bits per heavy atom. The molecule has 0 fully saturated rings. The highest BCUT2D eigenvalue weighted by atomic mass is 35.5. The maximum Gasteiger partial charge on any atom is 0.367 e. The van der Waals surface area contributed by atoms with Crippen LogP contribution in [0.2, 0.25) is 5.15 Å². The van der Waals surface area contributed by atoms with Crippen LogP contribution in [-0.2, 0) is 41.1 Å². The van der Waals surface area contributed by atoms with E-state index in [1.165, 1.54) is 21.3 Å². The summed E-state index contributed by atoms with van der Waals surface area (Å²) in [7, 11) is 5.99. The van der Waals surface area contributed by atoms with Gasteiger partial charge >= 0.3 is 23.8 Å². The lowest BCUT2D eigenvalue weighted by Crippen LogP contribution is -2.29. The lowest BCUT2D eigenvalue weighted by molar-refractivity contribution is -0.677. The van der Waals surface area contributed by atoms with E-state index in [1.54, 1.807) is 73.1 Å². The van der Waals surface area contributed by atoms with E-state index in [1.807, 2.05) is 84.5 Å². The van der Waals surface area contributed by atoms with Gasteiger partial charge in [0.15, 0.2) is 6.20 Å². The van der Waals surface area contributed by atoms with E-state index in [-0.39, 0.29) is 24.5 Å². The van der Waals surface area contributed by atoms with Crippen molar-refractivity contribution in [3.63, 3.8) is 0 Å². The highest BCUT2D eigenvalue weighted by molar-refractivity contribution is 6.29. The summed E-state index contributed by atoms with van der Waals surface area (Å²) in [6.07, 6.45) is 5.26. The molecule has 3 aromatic carbocycles. The van der Waals surface area contributed by atoms with Gasteiger partial charge in [-0.15, -0.1) is 0 Å². The van der Waals surface area contributed by atoms with E-state index in [9.17, 15) is 14.4 Å². The van der Waals surface area contributed by atoms with E-state index in [0.717, 1.165) is 22.6 Å². The van der Waals surface area contributed by atoms with Crippen molar-refractivity contribution < 1.29 is 47.7 Å². The number of nitrogens with zero attached hydrogens (tertiary/aromatic N) is 3. The first-order chi connectivity index (χ1) is 27.2. The van der Waals surface area contributed by atoms with Gasteiger partial charge in [0.25, 0.3) is 0 Å². The molecule has 0 bridgehead atoms. The van der Waals surface area contributed by atoms with Gasteiger partial charge < -0.3 is 28.8 Å². The third kappa shape index (κ3) is 15.8. The van der Waals surface area contributed by atoms with Gasteiger partial charge in [0.1, 0.15) is 25.4 Å². The van der Waals surface area contributed by atoms with Crippen molar-refractivity contribution in [1.29, 1.82) is 0 Å². The Bertz CT molecular complexity index is 2050. The van der Waals surface area contributed by atoms with Crippen molar-refractivity contribution in [2.24, 2.45) is 7.05 Å². The van der Waals surface area contributed by atoms with Gasteiger partial charge in [0.05, 0.1) is 50.7 Å². The standard InChI is InChI=1S/C15H16NO3.C14H13NO3.C9H10O3.C5H4ClN/c1-16-10-4-3-5-14(16)19-11-12-6-8-13(9-7-12)15(17)18-2;1-17-14(16)12-7-5-11(6-8-12)10-18-13-4-2-3-9-15-13;1-12-9(11)8-4-2-7(6-10)3-5-8;6-5-3-1-2-4-7-5/h3-10H,11H2,1-2H3;2-9H,10H2,1H3;2-5,10H,6H2,1H3;1-4H/q+1;;;. The molecular weight excluding hydrogens is 738 g/mol. The maximum absolute atomic E-state index is 11.3. The molecule has 290 valence electrons. The Balaban J connectivity index is 0.000000211. The van der Waals surface area contributed by atoms with Gasteiger partial charge in [-0.05, 0) is 77.4 Å². The van der Waals surface area contributed by atoms with Crippen LogP contribution in [0.15, 0.2) is 146 Å². The van der Waals surface area contributed by atoms with Crippen molar-refractivity contribution >= 4 is 29.5 Å². The summed E-state index contributed by atoms with van der Waals surface area (Å²) in [6, 6.07) is 37.5. The molecule has 0 aliphatic rings. The number of aromatic nitrogens is 3. The zero-order valence-corrected chi connectivity index (χ0v) is 32.2. The number of halogens is 1. The number of benzene rings is 3. The van der Waals surface area contributed by atoms with Gasteiger partial charge in [-0.3, -0.25) is 0 Å². The predicted octanol–water partition coefficient (Wildman–Crippen LogP) is 7.02. The number of carbonyl (C=O) groups excluding carboxylic acids is 3. The minimum atomic E-state index is -0.362. The van der Waals surface area contributed by atoms with E-state index < -0.39 is 0 Å². The monoisotopic (exact) mass is 780 g/mol. The molecule has 0 amide bonds. The molecule has 1 N–H and O–H groups in total. The normalized spacial score (nSPS) is 9.68. The van der Waals surface area contributed by atoms with Crippen LogP contribution < -0.4 is 14.0 Å². The van der Waals surface area contributed by atoms with Crippen LogP contribution in [0.1, 0.15) is 47.8 Å². The Kier molecular flexibility index (Phi) is 19.3. The lowest BCUT2D eigenvalue weighted by Gasteiger charge is -2.05. The first kappa shape index (κ1) is 43.8. The van der Waals surface area contributed by atoms with Crippen LogP contribution in [0, 0.1) is 0 Å². The van der Waals surface area contributed by atoms with Gasteiger partial charge in [-0.2, -0.15) is 4.57 Å². The number of aliphatic hydroxyl groups is 1. The molecule has 56 heavy (non-hydrogen) atoms. The molecule has 6 rings (SSSR count). The molecule has 0 atom stereocenters. The molecule has 12 nitrogen and oxygen atoms in total. The Labute approximate surface area is 330 Å². The maximum atomic E-state index is 11.3. The second-order valence-corrected chi connectivity index (χ2v) is 11.7. The van der Waals surface area contributed by atoms with Gasteiger partial charge in [-0.1, -0.05) is 60.1 Å². The number of carbonyl (C=O) groups is 3. The summed E-state index contributed by atoms with van der Waals surface area (Å²) in [5, 5.41) is 9.25. The number of aliphatic hydroxyl groups excluding tert-OH is 1. The van der Waals surface area contributed by atoms with E-state index in [0.29, 0.717) is 40.9 Å². The average Bonchev–Trinajstić information content (AvgIpc) is 3.26. The van der Waals surface area contributed by atoms with Crippen molar-refractivity contribution in [3.8, 4) is 11.8 Å². The van der Waals surface area contributed by atoms with E-state index >= 15 is 0 Å². The zero-order chi connectivity index (χ0) is 40.5. The van der Waals surface area contributed by atoms with Crippen LogP contribution in [0.3, 0.4) is 0 Å². The molecule has 0 aliphatic carbocycles. The van der Waals surface area contributed by atoms with Crippen molar-refractivity contribution in [1.82, 2.24) is 9.97 Å². The molecule has 0 aliphatic heterocycles. The van der Waals surface area contributed by atoms with Crippen molar-refractivity contribution in [2.75, 3.05) is 21.3 Å². The highest BCUT2D eigenvalue weighted by Gasteiger charge is 2.08. The third-order valence-corrected chi connectivity index (χ3v) is 7.58. The Hall–Kier alpha value is -6.63. The van der Waals surface area contributed by atoms with Crippen LogP contribution in [0.4, 0.5) is 0 Å². The number of esters is 3. The average molecular weight is 781 g/mol. The van der Waals surface area contributed by atoms with Crippen LogP contribution in [0.25, 0.3) is 0 Å². The zero-order valence-electron chi connectivity index (χ0n) is 31.4. The Morgan fingerprint density at radius 2 is 1.02 bits per heavy atom. The van der Waals surface area contributed by atoms with E-state index in [4.69, 9.17) is 26.2 Å². The molecular formula is C43H43ClN3O9+. The largest absolute Gasteiger partial charge is 0.473 e. The number of hydrogen-bond donors (Lipinski definition) is 1. The summed E-state index contributed by atoms with van der Waals surface area (Å²) in [6.45, 7) is 0.860. The lowest BCUT2D eigenvalue weighted by atomic mass is 10.1. The second kappa shape index (κ2) is 24.6. The second-order valence-electron chi connectivity index (χ2n) is 11.3. The number of rotatable bonds is 10. The van der Waals surface area contributed by atoms with Crippen LogP contribution in [-0.4, -0.2) is 54.3 Å². The number of methoxy groups -OCH3 is 3. The summed E-state index contributed by atoms with van der Waals surface area (Å²) in [4.78, 5) is 41.3. The Morgan fingerprint density at radius 3 is 1.39 bits per heavy atom. The van der Waals surface area contributed by atoms with Gasteiger partial charge in [0, 0.05) is 24.5 Å². The summed E-state index contributed by atoms with van der Waals surface area (Å²) in [5.74, 6) is 0.336. The summed E-state index contributed by atoms with van der Waals surface area (Å²) < 4.78 is 26.9. The minimum Gasteiger partial charge on any atom is -0.473 e. The molecule has 0 unspecified atom stereocenters. The number of hydrogen-bond acceptors (Lipinski definition) is 11.